The van der Waals surface area contributed by atoms with Gasteiger partial charge in [-0.1, -0.05) is 6.92 Å². The number of amides is 1. The van der Waals surface area contributed by atoms with Crippen molar-refractivity contribution >= 4 is 21.6 Å². The lowest BCUT2D eigenvalue weighted by atomic mass is 9.99. The maximum atomic E-state index is 13.4. The molecular formula is C25H34FN3O4S. The Hall–Kier alpha value is -2.65. The summed E-state index contributed by atoms with van der Waals surface area (Å²) in [5.41, 5.74) is 0.324. The van der Waals surface area contributed by atoms with E-state index in [1.165, 1.54) is 25.0 Å². The topological polar surface area (TPSA) is 79.0 Å². The van der Waals surface area contributed by atoms with Crippen LogP contribution in [0.1, 0.15) is 33.1 Å². The molecule has 2 aromatic rings. The van der Waals surface area contributed by atoms with Crippen LogP contribution in [0.25, 0.3) is 0 Å². The van der Waals surface area contributed by atoms with Crippen LogP contribution < -0.4 is 14.4 Å². The molecule has 0 aliphatic carbocycles. The van der Waals surface area contributed by atoms with Crippen molar-refractivity contribution < 1.29 is 22.3 Å². The molecule has 0 saturated carbocycles. The number of sulfonamides is 1. The van der Waals surface area contributed by atoms with Crippen molar-refractivity contribution in [3.05, 3.63) is 54.3 Å². The van der Waals surface area contributed by atoms with E-state index in [2.05, 4.69) is 17.1 Å². The molecule has 1 saturated heterocycles. The van der Waals surface area contributed by atoms with E-state index in [4.69, 9.17) is 4.74 Å². The molecule has 2 aromatic carbocycles. The lowest BCUT2D eigenvalue weighted by molar-refractivity contribution is -0.119. The van der Waals surface area contributed by atoms with Gasteiger partial charge in [-0.3, -0.25) is 9.10 Å². The van der Waals surface area contributed by atoms with E-state index in [0.29, 0.717) is 24.6 Å². The second-order valence-corrected chi connectivity index (χ2v) is 10.5. The van der Waals surface area contributed by atoms with Crippen molar-refractivity contribution in [3.8, 4) is 5.75 Å². The third kappa shape index (κ3) is 7.17. The molecule has 1 heterocycles. The molecule has 9 heteroatoms. The molecule has 1 amide bonds. The van der Waals surface area contributed by atoms with Gasteiger partial charge in [0.2, 0.25) is 5.91 Å². The second-order valence-electron chi connectivity index (χ2n) is 8.62. The zero-order chi connectivity index (χ0) is 24.6. The number of nitrogens with one attached hydrogen (secondary N) is 1. The summed E-state index contributed by atoms with van der Waals surface area (Å²) in [6.07, 6.45) is 3.20. The predicted octanol–water partition coefficient (Wildman–Crippen LogP) is 3.66. The summed E-state index contributed by atoms with van der Waals surface area (Å²) in [6, 6.07) is 11.1. The third-order valence-corrected chi connectivity index (χ3v) is 7.76. The Morgan fingerprint density at radius 1 is 1.12 bits per heavy atom. The molecule has 0 atom stereocenters. The van der Waals surface area contributed by atoms with Gasteiger partial charge in [0.05, 0.1) is 17.2 Å². The van der Waals surface area contributed by atoms with E-state index < -0.39 is 21.7 Å². The Kier molecular flexibility index (Phi) is 9.29. The molecule has 186 valence electrons. The van der Waals surface area contributed by atoms with Gasteiger partial charge in [0.15, 0.2) is 0 Å². The quantitative estimate of drug-likeness (QED) is 0.486. The lowest BCUT2D eigenvalue weighted by Crippen LogP contribution is -2.42. The van der Waals surface area contributed by atoms with Gasteiger partial charge in [-0.25, -0.2) is 12.8 Å². The Morgan fingerprint density at radius 2 is 1.76 bits per heavy atom. The maximum absolute atomic E-state index is 13.4. The number of rotatable bonds is 11. The number of hydrogen-bond acceptors (Lipinski definition) is 5. The Morgan fingerprint density at radius 3 is 2.38 bits per heavy atom. The van der Waals surface area contributed by atoms with Crippen LogP contribution in [0.5, 0.6) is 5.75 Å². The Labute approximate surface area is 201 Å². The average Bonchev–Trinajstić information content (AvgIpc) is 2.82. The first kappa shape index (κ1) is 26.0. The summed E-state index contributed by atoms with van der Waals surface area (Å²) < 4.78 is 46.5. The summed E-state index contributed by atoms with van der Waals surface area (Å²) in [5, 5.41) is 2.84. The zero-order valence-electron chi connectivity index (χ0n) is 19.9. The fourth-order valence-corrected chi connectivity index (χ4v) is 5.35. The minimum absolute atomic E-state index is 0.0880. The van der Waals surface area contributed by atoms with Crippen LogP contribution >= 0.6 is 0 Å². The van der Waals surface area contributed by atoms with Crippen molar-refractivity contribution in [3.63, 3.8) is 0 Å². The summed E-state index contributed by atoms with van der Waals surface area (Å²) in [4.78, 5) is 15.0. The van der Waals surface area contributed by atoms with Crippen LogP contribution in [0, 0.1) is 11.7 Å². The van der Waals surface area contributed by atoms with E-state index in [-0.39, 0.29) is 11.4 Å². The van der Waals surface area contributed by atoms with Gasteiger partial charge in [0, 0.05) is 6.54 Å². The van der Waals surface area contributed by atoms with Crippen molar-refractivity contribution in [2.24, 2.45) is 5.92 Å². The van der Waals surface area contributed by atoms with Crippen LogP contribution in [0.15, 0.2) is 53.4 Å². The van der Waals surface area contributed by atoms with E-state index in [1.54, 1.807) is 24.3 Å². The molecule has 1 aliphatic rings. The predicted molar refractivity (Wildman–Crippen MR) is 131 cm³/mol. The van der Waals surface area contributed by atoms with E-state index in [9.17, 15) is 17.6 Å². The van der Waals surface area contributed by atoms with E-state index >= 15 is 0 Å². The highest BCUT2D eigenvalue weighted by Gasteiger charge is 2.27. The molecule has 1 N–H and O–H groups in total. The largest absolute Gasteiger partial charge is 0.494 e. The number of ether oxygens (including phenoxy) is 1. The number of carbonyl (C=O) groups is 1. The van der Waals surface area contributed by atoms with Gasteiger partial charge in [-0.15, -0.1) is 0 Å². The van der Waals surface area contributed by atoms with Crippen LogP contribution in [0.3, 0.4) is 0 Å². The molecule has 34 heavy (non-hydrogen) atoms. The normalized spacial score (nSPS) is 15.1. The highest BCUT2D eigenvalue weighted by molar-refractivity contribution is 7.92. The summed E-state index contributed by atoms with van der Waals surface area (Å²) in [7, 11) is -4.09. The standard InChI is InChI=1S/C25H34FN3O4S/c1-3-33-23-9-7-22(8-10-23)29(34(31,32)24-11-5-21(26)6-12-24)19-25(30)27-15-4-16-28-17-13-20(2)14-18-28/h5-12,20H,3-4,13-19H2,1-2H3,(H,27,30). The number of likely N-dealkylation sites (tertiary alicyclic amines) is 1. The first-order chi connectivity index (χ1) is 16.3. The third-order valence-electron chi connectivity index (χ3n) is 5.97. The van der Waals surface area contributed by atoms with Crippen molar-refractivity contribution in [2.75, 3.05) is 43.6 Å². The molecule has 0 bridgehead atoms. The number of benzene rings is 2. The number of piperidine rings is 1. The molecular weight excluding hydrogens is 457 g/mol. The van der Waals surface area contributed by atoms with E-state index in [1.807, 2.05) is 6.92 Å². The SMILES string of the molecule is CCOc1ccc(N(CC(=O)NCCCN2CCC(C)CC2)S(=O)(=O)c2ccc(F)cc2)cc1. The van der Waals surface area contributed by atoms with E-state index in [0.717, 1.165) is 48.4 Å². The van der Waals surface area contributed by atoms with Crippen molar-refractivity contribution in [2.45, 2.75) is 38.0 Å². The van der Waals surface area contributed by atoms with Gasteiger partial charge in [-0.05, 0) is 100 Å². The molecule has 7 nitrogen and oxygen atoms in total. The Balaban J connectivity index is 1.66. The minimum Gasteiger partial charge on any atom is -0.494 e. The lowest BCUT2D eigenvalue weighted by Gasteiger charge is -2.30. The van der Waals surface area contributed by atoms with Gasteiger partial charge in [-0.2, -0.15) is 0 Å². The highest BCUT2D eigenvalue weighted by Crippen LogP contribution is 2.26. The number of carbonyl (C=O) groups excluding carboxylic acids is 1. The van der Waals surface area contributed by atoms with Gasteiger partial charge < -0.3 is 15.0 Å². The van der Waals surface area contributed by atoms with Crippen LogP contribution in [0.2, 0.25) is 0 Å². The highest BCUT2D eigenvalue weighted by atomic mass is 32.2. The molecule has 1 fully saturated rings. The fraction of sp³-hybridized carbons (Fsp3) is 0.480. The number of nitrogens with zero attached hydrogens (tertiary/aromatic N) is 2. The maximum Gasteiger partial charge on any atom is 0.264 e. The number of hydrogen-bond donors (Lipinski definition) is 1. The van der Waals surface area contributed by atoms with Crippen LogP contribution in [-0.2, 0) is 14.8 Å². The summed E-state index contributed by atoms with van der Waals surface area (Å²) >= 11 is 0. The average molecular weight is 492 g/mol. The number of anilines is 1. The van der Waals surface area contributed by atoms with Crippen LogP contribution in [-0.4, -0.2) is 58.6 Å². The van der Waals surface area contributed by atoms with Crippen molar-refractivity contribution in [1.29, 1.82) is 0 Å². The molecule has 0 spiro atoms. The van der Waals surface area contributed by atoms with Gasteiger partial charge in [0.25, 0.3) is 10.0 Å². The summed E-state index contributed by atoms with van der Waals surface area (Å²) in [6.45, 7) is 7.77. The monoisotopic (exact) mass is 491 g/mol. The minimum atomic E-state index is -4.09. The zero-order valence-corrected chi connectivity index (χ0v) is 20.7. The molecule has 1 aliphatic heterocycles. The van der Waals surface area contributed by atoms with Gasteiger partial charge in [0.1, 0.15) is 18.1 Å². The van der Waals surface area contributed by atoms with Crippen molar-refractivity contribution in [1.82, 2.24) is 10.2 Å². The molecule has 3 rings (SSSR count). The first-order valence-electron chi connectivity index (χ1n) is 11.8. The summed E-state index contributed by atoms with van der Waals surface area (Å²) in [5.74, 6) is 0.439. The second kappa shape index (κ2) is 12.2. The first-order valence-corrected chi connectivity index (χ1v) is 13.2. The molecule has 0 aromatic heterocycles. The molecule has 0 radical (unpaired) electrons. The number of halogens is 1. The smallest absolute Gasteiger partial charge is 0.264 e. The van der Waals surface area contributed by atoms with Gasteiger partial charge >= 0.3 is 0 Å². The molecule has 0 unspecified atom stereocenters. The van der Waals surface area contributed by atoms with Crippen LogP contribution in [0.4, 0.5) is 10.1 Å². The fourth-order valence-electron chi connectivity index (χ4n) is 3.93. The Bertz CT molecular complexity index is 1020.